The molecule has 0 unspecified atom stereocenters. The molecule has 85 heavy (non-hydrogen) atoms. The summed E-state index contributed by atoms with van der Waals surface area (Å²) in [5, 5.41) is 7.17. The molecule has 0 bridgehead atoms. The zero-order valence-corrected chi connectivity index (χ0v) is 48.6. The van der Waals surface area contributed by atoms with E-state index in [1.165, 1.54) is 110 Å². The minimum atomic E-state index is -0.218. The highest BCUT2D eigenvalue weighted by Gasteiger charge is 2.45. The Kier molecular flexibility index (Phi) is 10.6. The van der Waals surface area contributed by atoms with Crippen LogP contribution in [0.1, 0.15) is 52.7 Å². The van der Waals surface area contributed by atoms with E-state index >= 15 is 0 Å². The van der Waals surface area contributed by atoms with Crippen LogP contribution >= 0.6 is 0 Å². The van der Waals surface area contributed by atoms with Crippen LogP contribution in [0.15, 0.2) is 259 Å². The predicted octanol–water partition coefficient (Wildman–Crippen LogP) is 19.7. The highest BCUT2D eigenvalue weighted by atomic mass is 16.3. The zero-order valence-electron chi connectivity index (χ0n) is 48.6. The first-order valence-corrected chi connectivity index (χ1v) is 29.9. The van der Waals surface area contributed by atoms with Crippen molar-refractivity contribution in [2.45, 2.75) is 52.4 Å². The summed E-state index contributed by atoms with van der Waals surface area (Å²) in [6.45, 7) is 13.9. The van der Waals surface area contributed by atoms with Gasteiger partial charge in [-0.15, -0.1) is 0 Å². The fourth-order valence-corrected chi connectivity index (χ4v) is 14.7. The number of rotatable bonds is 6. The lowest BCUT2D eigenvalue weighted by Gasteiger charge is -2.41. The van der Waals surface area contributed by atoms with Crippen molar-refractivity contribution in [3.63, 3.8) is 0 Å². The molecule has 4 nitrogen and oxygen atoms in total. The van der Waals surface area contributed by atoms with Crippen LogP contribution in [0, 0.1) is 0 Å². The molecule has 2 aliphatic heterocycles. The highest BCUT2D eigenvalue weighted by Crippen LogP contribution is 2.51. The summed E-state index contributed by atoms with van der Waals surface area (Å²) in [5.74, 6) is 0. The minimum Gasteiger partial charge on any atom is -0.456 e. The van der Waals surface area contributed by atoms with Gasteiger partial charge in [0.2, 0.25) is 0 Å². The molecule has 404 valence electrons. The molecule has 2 aliphatic rings. The largest absolute Gasteiger partial charge is 0.456 e. The highest BCUT2D eigenvalue weighted by molar-refractivity contribution is 7.02. The van der Waals surface area contributed by atoms with Gasteiger partial charge >= 0.3 is 0 Å². The van der Waals surface area contributed by atoms with Crippen LogP contribution in [0.25, 0.3) is 121 Å². The van der Waals surface area contributed by atoms with E-state index in [1.54, 1.807) is 0 Å². The second kappa shape index (κ2) is 18.2. The van der Waals surface area contributed by atoms with Gasteiger partial charge in [0.25, 0.3) is 6.71 Å². The molecule has 0 radical (unpaired) electrons. The molecular formula is C80H60BN3O. The van der Waals surface area contributed by atoms with Gasteiger partial charge in [-0.05, 0) is 162 Å². The summed E-state index contributed by atoms with van der Waals surface area (Å²) in [6.07, 6.45) is 0. The third-order valence-corrected chi connectivity index (χ3v) is 18.5. The maximum Gasteiger partial charge on any atom is 0.253 e. The topological polar surface area (TPSA) is 26.2 Å². The molecule has 0 N–H and O–H groups in total. The summed E-state index contributed by atoms with van der Waals surface area (Å²) in [6, 6.07) is 95.5. The fraction of sp³-hybridized carbons (Fsp3) is 0.100. The van der Waals surface area contributed by atoms with Crippen LogP contribution in [-0.2, 0) is 10.8 Å². The van der Waals surface area contributed by atoms with E-state index in [4.69, 9.17) is 4.42 Å². The maximum absolute atomic E-state index is 7.03. The molecule has 0 saturated heterocycles. The number of para-hydroxylation sites is 5. The molecule has 0 atom stereocenters. The number of hydrogen-bond donors (Lipinski definition) is 0. The van der Waals surface area contributed by atoms with E-state index in [2.05, 4.69) is 310 Å². The Morgan fingerprint density at radius 2 is 0.929 bits per heavy atom. The van der Waals surface area contributed by atoms with Gasteiger partial charge in [-0.1, -0.05) is 211 Å². The molecule has 0 spiro atoms. The van der Waals surface area contributed by atoms with Crippen LogP contribution in [0.5, 0.6) is 0 Å². The van der Waals surface area contributed by atoms with Crippen LogP contribution < -0.4 is 21.3 Å². The molecular weight excluding hydrogens is 1030 g/mol. The Balaban J connectivity index is 1.06. The van der Waals surface area contributed by atoms with Crippen LogP contribution in [0.2, 0.25) is 0 Å². The Bertz CT molecular complexity index is 5210. The lowest BCUT2D eigenvalue weighted by Crippen LogP contribution is -2.60. The van der Waals surface area contributed by atoms with Gasteiger partial charge in [0.15, 0.2) is 0 Å². The van der Waals surface area contributed by atoms with Crippen molar-refractivity contribution in [2.75, 3.05) is 4.90 Å². The number of hydrogen-bond acceptors (Lipinski definition) is 2. The number of benzene rings is 12. The van der Waals surface area contributed by atoms with Gasteiger partial charge in [0.1, 0.15) is 11.2 Å². The average molecular weight is 1090 g/mol. The number of nitrogens with zero attached hydrogens (tertiary/aromatic N) is 3. The van der Waals surface area contributed by atoms with Gasteiger partial charge in [0, 0.05) is 60.6 Å². The standard InChI is InChI=1S/C80H60BN3O/c1-79(2,3)55-38-39-57(64(45-55)80(4,5)6)54-43-71-76-72(44-54)84-67-35-21-17-31-59(67)63-47-70-75(61-33-18-22-36-68(61)82(70)56-28-14-9-15-29-56)77(78(63)84)81(76)65-48-74-62(60-32-19-23-37-73(60)85-74)46-69(65)83(71)66-34-20-16-30-58(66)53-41-51(49-24-10-7-11-25-49)40-52(42-53)50-26-12-8-13-27-50/h7-48H,1-6H3. The molecule has 5 heteroatoms. The summed E-state index contributed by atoms with van der Waals surface area (Å²) in [5.41, 5.74) is 28.0. The lowest BCUT2D eigenvalue weighted by molar-refractivity contribution is 0.570. The molecule has 15 aromatic rings. The van der Waals surface area contributed by atoms with E-state index < -0.39 is 0 Å². The summed E-state index contributed by atoms with van der Waals surface area (Å²) < 4.78 is 12.2. The van der Waals surface area contributed by atoms with E-state index in [1.807, 2.05) is 0 Å². The quantitative estimate of drug-likeness (QED) is 0.155. The molecule has 0 amide bonds. The van der Waals surface area contributed by atoms with Gasteiger partial charge in [-0.2, -0.15) is 0 Å². The Morgan fingerprint density at radius 1 is 0.341 bits per heavy atom. The molecule has 0 saturated carbocycles. The van der Waals surface area contributed by atoms with Crippen molar-refractivity contribution in [3.8, 4) is 55.9 Å². The number of fused-ring (bicyclic) bond motifs is 14. The van der Waals surface area contributed by atoms with Gasteiger partial charge in [-0.3, -0.25) is 0 Å². The number of anilines is 3. The fourth-order valence-electron chi connectivity index (χ4n) is 14.7. The van der Waals surface area contributed by atoms with E-state index in [0.717, 1.165) is 55.8 Å². The lowest BCUT2D eigenvalue weighted by atomic mass is 9.33. The van der Waals surface area contributed by atoms with Crippen molar-refractivity contribution >= 4 is 106 Å². The molecule has 0 fully saturated rings. The second-order valence-corrected chi connectivity index (χ2v) is 25.6. The third kappa shape index (κ3) is 7.42. The summed E-state index contributed by atoms with van der Waals surface area (Å²) in [7, 11) is 0. The van der Waals surface area contributed by atoms with Crippen molar-refractivity contribution in [1.29, 1.82) is 0 Å². The second-order valence-electron chi connectivity index (χ2n) is 25.6. The van der Waals surface area contributed by atoms with E-state index in [9.17, 15) is 0 Å². The van der Waals surface area contributed by atoms with Crippen LogP contribution in [0.3, 0.4) is 0 Å². The van der Waals surface area contributed by atoms with Crippen molar-refractivity contribution in [2.24, 2.45) is 0 Å². The minimum absolute atomic E-state index is 0.0348. The summed E-state index contributed by atoms with van der Waals surface area (Å²) in [4.78, 5) is 2.64. The molecule has 0 aliphatic carbocycles. The SMILES string of the molecule is CC(C)(C)c1ccc(-c2cc3c4c(c2)-n2c5ccccc5c5cc6c(c(c52)B4c2cc4oc5ccccc5c4cc2N3c2ccccc2-c2cc(-c3ccccc3)cc(-c3ccccc3)c2)c2ccccc2n6-c2ccccc2)c(C(C)(C)C)c1. The van der Waals surface area contributed by atoms with Gasteiger partial charge in [0.05, 0.1) is 27.8 Å². The van der Waals surface area contributed by atoms with E-state index in [0.29, 0.717) is 0 Å². The predicted molar refractivity (Wildman–Crippen MR) is 361 cm³/mol. The smallest absolute Gasteiger partial charge is 0.253 e. The Hall–Kier alpha value is -10.1. The Morgan fingerprint density at radius 3 is 1.64 bits per heavy atom. The molecule has 17 rings (SSSR count). The van der Waals surface area contributed by atoms with Crippen LogP contribution in [0.4, 0.5) is 17.1 Å². The Labute approximate surface area is 495 Å². The maximum atomic E-state index is 7.03. The van der Waals surface area contributed by atoms with Gasteiger partial charge < -0.3 is 18.5 Å². The first-order valence-electron chi connectivity index (χ1n) is 29.9. The first-order chi connectivity index (χ1) is 41.4. The zero-order chi connectivity index (χ0) is 57.0. The molecule has 5 heterocycles. The monoisotopic (exact) mass is 1090 g/mol. The molecule has 12 aromatic carbocycles. The average Bonchev–Trinajstić information content (AvgIpc) is 1.65. The molecule has 3 aromatic heterocycles. The number of aromatic nitrogens is 2. The van der Waals surface area contributed by atoms with Crippen molar-refractivity contribution in [3.05, 3.63) is 266 Å². The van der Waals surface area contributed by atoms with Crippen molar-refractivity contribution < 1.29 is 4.42 Å². The van der Waals surface area contributed by atoms with Gasteiger partial charge in [-0.25, -0.2) is 0 Å². The normalized spacial score (nSPS) is 13.0. The summed E-state index contributed by atoms with van der Waals surface area (Å²) >= 11 is 0. The third-order valence-electron chi connectivity index (χ3n) is 18.5. The van der Waals surface area contributed by atoms with E-state index in [-0.39, 0.29) is 17.5 Å². The first kappa shape index (κ1) is 49.5. The number of furan rings is 1. The van der Waals surface area contributed by atoms with Crippen molar-refractivity contribution in [1.82, 2.24) is 9.13 Å². The van der Waals surface area contributed by atoms with Crippen LogP contribution in [-0.4, -0.2) is 15.8 Å².